The van der Waals surface area contributed by atoms with E-state index in [1.165, 1.54) is 49.7 Å². The summed E-state index contributed by atoms with van der Waals surface area (Å²) in [5, 5.41) is 4.70. The highest BCUT2D eigenvalue weighted by molar-refractivity contribution is 6.09. The number of aryl methyl sites for hydroxylation is 1. The summed E-state index contributed by atoms with van der Waals surface area (Å²) >= 11 is 0. The number of rotatable bonds is 4. The highest BCUT2D eigenvalue weighted by Crippen LogP contribution is 2.53. The third-order valence-electron chi connectivity index (χ3n) is 9.98. The Morgan fingerprint density at radius 1 is 0.522 bits per heavy atom. The molecule has 1 aliphatic carbocycles. The predicted molar refractivity (Wildman–Crippen MR) is 194 cm³/mol. The van der Waals surface area contributed by atoms with E-state index in [-0.39, 0.29) is 5.41 Å². The Labute approximate surface area is 269 Å². The van der Waals surface area contributed by atoms with Gasteiger partial charge in [0.05, 0.1) is 5.69 Å². The van der Waals surface area contributed by atoms with E-state index in [1.54, 1.807) is 0 Å². The average molecular weight is 592 g/mol. The molecule has 1 aliphatic rings. The molecule has 0 bridgehead atoms. The Bertz CT molecular complexity index is 2470. The van der Waals surface area contributed by atoms with Crippen molar-refractivity contribution in [3.63, 3.8) is 0 Å². The van der Waals surface area contributed by atoms with Crippen LogP contribution in [0.2, 0.25) is 0 Å². The largest absolute Gasteiger partial charge is 0.456 e. The number of para-hydroxylation sites is 1. The first-order valence-corrected chi connectivity index (χ1v) is 16.0. The van der Waals surface area contributed by atoms with Crippen molar-refractivity contribution in [3.05, 3.63) is 162 Å². The van der Waals surface area contributed by atoms with Gasteiger partial charge in [0.2, 0.25) is 0 Å². The summed E-state index contributed by atoms with van der Waals surface area (Å²) in [6.07, 6.45) is 0. The van der Waals surface area contributed by atoms with Crippen molar-refractivity contribution in [2.45, 2.75) is 26.2 Å². The first-order chi connectivity index (χ1) is 22.5. The van der Waals surface area contributed by atoms with Crippen molar-refractivity contribution in [2.75, 3.05) is 4.90 Å². The third-order valence-corrected chi connectivity index (χ3v) is 9.98. The van der Waals surface area contributed by atoms with Crippen LogP contribution in [0.25, 0.3) is 55.0 Å². The van der Waals surface area contributed by atoms with E-state index in [4.69, 9.17) is 4.42 Å². The van der Waals surface area contributed by atoms with Crippen LogP contribution in [0.1, 0.15) is 30.5 Å². The van der Waals surface area contributed by atoms with Gasteiger partial charge in [0.15, 0.2) is 0 Å². The maximum atomic E-state index is 6.27. The summed E-state index contributed by atoms with van der Waals surface area (Å²) in [7, 11) is 0. The van der Waals surface area contributed by atoms with Crippen LogP contribution in [0.4, 0.5) is 17.1 Å². The predicted octanol–water partition coefficient (Wildman–Crippen LogP) is 12.5. The average Bonchev–Trinajstić information content (AvgIpc) is 3.57. The van der Waals surface area contributed by atoms with Crippen molar-refractivity contribution >= 4 is 49.8 Å². The number of fused-ring (bicyclic) bond motifs is 7. The maximum Gasteiger partial charge on any atom is 0.135 e. The fraction of sp³-hybridized carbons (Fsp3) is 0.0909. The smallest absolute Gasteiger partial charge is 0.135 e. The van der Waals surface area contributed by atoms with Crippen LogP contribution in [-0.4, -0.2) is 0 Å². The number of furan rings is 1. The molecule has 0 saturated heterocycles. The second kappa shape index (κ2) is 9.95. The normalized spacial score (nSPS) is 13.3. The molecule has 1 heterocycles. The highest BCUT2D eigenvalue weighted by Gasteiger charge is 2.37. The topological polar surface area (TPSA) is 16.4 Å². The summed E-state index contributed by atoms with van der Waals surface area (Å²) in [5.74, 6) is 0. The van der Waals surface area contributed by atoms with Crippen LogP contribution in [0.5, 0.6) is 0 Å². The Morgan fingerprint density at radius 3 is 2.11 bits per heavy atom. The number of benzene rings is 7. The van der Waals surface area contributed by atoms with E-state index < -0.39 is 0 Å². The van der Waals surface area contributed by atoms with E-state index in [1.807, 2.05) is 12.1 Å². The van der Waals surface area contributed by atoms with Gasteiger partial charge in [-0.25, -0.2) is 0 Å². The van der Waals surface area contributed by atoms with E-state index >= 15 is 0 Å². The minimum atomic E-state index is -0.116. The van der Waals surface area contributed by atoms with Gasteiger partial charge >= 0.3 is 0 Å². The summed E-state index contributed by atoms with van der Waals surface area (Å²) in [6, 6.07) is 52.8. The third kappa shape index (κ3) is 3.90. The van der Waals surface area contributed by atoms with Crippen LogP contribution in [0.3, 0.4) is 0 Å². The molecule has 0 spiro atoms. The molecule has 1 aromatic heterocycles. The first kappa shape index (κ1) is 26.8. The minimum Gasteiger partial charge on any atom is -0.456 e. The van der Waals surface area contributed by atoms with Crippen LogP contribution in [-0.2, 0) is 5.41 Å². The fourth-order valence-corrected chi connectivity index (χ4v) is 7.73. The molecule has 0 N–H and O–H groups in total. The molecule has 0 unspecified atom stereocenters. The monoisotopic (exact) mass is 591 g/mol. The van der Waals surface area contributed by atoms with Gasteiger partial charge in [-0.1, -0.05) is 117 Å². The second-order valence-electron chi connectivity index (χ2n) is 13.0. The first-order valence-electron chi connectivity index (χ1n) is 16.0. The molecule has 220 valence electrons. The second-order valence-corrected chi connectivity index (χ2v) is 13.0. The summed E-state index contributed by atoms with van der Waals surface area (Å²) in [6.45, 7) is 6.95. The van der Waals surface area contributed by atoms with E-state index in [9.17, 15) is 0 Å². The molecule has 8 aromatic rings. The minimum absolute atomic E-state index is 0.116. The van der Waals surface area contributed by atoms with E-state index in [0.717, 1.165) is 39.0 Å². The molecule has 0 atom stereocenters. The number of nitrogens with zero attached hydrogens (tertiary/aromatic N) is 1. The molecular weight excluding hydrogens is 558 g/mol. The number of hydrogen-bond donors (Lipinski definition) is 0. The zero-order chi connectivity index (χ0) is 31.0. The Kier molecular flexibility index (Phi) is 5.79. The number of hydrogen-bond acceptors (Lipinski definition) is 2. The molecule has 0 aliphatic heterocycles. The molecule has 0 amide bonds. The van der Waals surface area contributed by atoms with Crippen LogP contribution in [0.15, 0.2) is 150 Å². The van der Waals surface area contributed by atoms with Gasteiger partial charge in [0.25, 0.3) is 0 Å². The zero-order valence-corrected chi connectivity index (χ0v) is 26.2. The van der Waals surface area contributed by atoms with Crippen molar-refractivity contribution in [1.82, 2.24) is 0 Å². The highest BCUT2D eigenvalue weighted by atomic mass is 16.3. The summed E-state index contributed by atoms with van der Waals surface area (Å²) in [5.41, 5.74) is 14.3. The lowest BCUT2D eigenvalue weighted by molar-refractivity contribution is 0.660. The fourth-order valence-electron chi connectivity index (χ4n) is 7.73. The molecular formula is C44H33NO. The lowest BCUT2D eigenvalue weighted by Crippen LogP contribution is -2.17. The standard InChI is InChI=1S/C44H33NO/c1-28-12-11-18-37-42(28)35-23-21-32(27-38(35)44(37,2)3)45(31-22-25-41-36(26-31)34-17-9-10-19-40(34)46-41)39-24-20-29-13-7-8-16-33(29)43(39)30-14-5-4-6-15-30/h4-27H,1-3H3. The molecule has 2 heteroatoms. The molecule has 0 radical (unpaired) electrons. The molecule has 2 nitrogen and oxygen atoms in total. The van der Waals surface area contributed by atoms with Gasteiger partial charge in [0, 0.05) is 33.1 Å². The molecule has 0 fully saturated rings. The zero-order valence-electron chi connectivity index (χ0n) is 26.2. The van der Waals surface area contributed by atoms with Gasteiger partial charge in [-0.3, -0.25) is 0 Å². The Hall–Kier alpha value is -5.60. The van der Waals surface area contributed by atoms with Crippen LogP contribution >= 0.6 is 0 Å². The van der Waals surface area contributed by atoms with Crippen molar-refractivity contribution in [2.24, 2.45) is 0 Å². The van der Waals surface area contributed by atoms with Gasteiger partial charge in [0.1, 0.15) is 11.2 Å². The van der Waals surface area contributed by atoms with Gasteiger partial charge < -0.3 is 9.32 Å². The van der Waals surface area contributed by atoms with E-state index in [0.29, 0.717) is 0 Å². The summed E-state index contributed by atoms with van der Waals surface area (Å²) in [4.78, 5) is 2.45. The molecule has 46 heavy (non-hydrogen) atoms. The van der Waals surface area contributed by atoms with Gasteiger partial charge in [-0.15, -0.1) is 0 Å². The Morgan fingerprint density at radius 2 is 1.24 bits per heavy atom. The maximum absolute atomic E-state index is 6.27. The molecule has 0 saturated carbocycles. The quantitative estimate of drug-likeness (QED) is 0.202. The van der Waals surface area contributed by atoms with Gasteiger partial charge in [-0.2, -0.15) is 0 Å². The van der Waals surface area contributed by atoms with Gasteiger partial charge in [-0.05, 0) is 93.5 Å². The van der Waals surface area contributed by atoms with Crippen LogP contribution in [0, 0.1) is 6.92 Å². The summed E-state index contributed by atoms with van der Waals surface area (Å²) < 4.78 is 6.27. The van der Waals surface area contributed by atoms with Crippen molar-refractivity contribution in [1.29, 1.82) is 0 Å². The Balaban J connectivity index is 1.35. The van der Waals surface area contributed by atoms with Crippen molar-refractivity contribution in [3.8, 4) is 22.3 Å². The lowest BCUT2D eigenvalue weighted by atomic mass is 9.82. The number of anilines is 3. The van der Waals surface area contributed by atoms with Crippen molar-refractivity contribution < 1.29 is 4.42 Å². The molecule has 9 rings (SSSR count). The van der Waals surface area contributed by atoms with Crippen LogP contribution < -0.4 is 4.90 Å². The molecule has 7 aromatic carbocycles. The van der Waals surface area contributed by atoms with E-state index in [2.05, 4.69) is 159 Å². The lowest BCUT2D eigenvalue weighted by Gasteiger charge is -2.30. The SMILES string of the molecule is Cc1cccc2c1-c1ccc(N(c3ccc4oc5ccccc5c4c3)c3ccc4ccccc4c3-c3ccccc3)cc1C2(C)C.